The number of aromatic nitrogens is 3. The fourth-order valence-electron chi connectivity index (χ4n) is 4.14. The Morgan fingerprint density at radius 2 is 1.89 bits per heavy atom. The van der Waals surface area contributed by atoms with E-state index in [4.69, 9.17) is 9.47 Å². The summed E-state index contributed by atoms with van der Waals surface area (Å²) in [5.41, 5.74) is 0.296. The molecule has 192 valence electrons. The normalized spacial score (nSPS) is 18.8. The maximum absolute atomic E-state index is 14.7. The minimum absolute atomic E-state index is 0.00417. The standard InChI is InChI=1S/C23H24F3N5O4S/c1-13(15-3-2-4-16(19(15)24)20(25)26)29-21-17-9-18(31-5-7-36(32,33)8-6-31)23(35-14-10-34-11-14)30-22(17)28-12-27-21/h2-4,9,12-14,20H,5-8,10-11H2,1H3,(H,27,28,29,30)/t13-/m1/s1. The number of benzene rings is 1. The van der Waals surface area contributed by atoms with Crippen LogP contribution in [0.1, 0.15) is 30.5 Å². The highest BCUT2D eigenvalue weighted by Gasteiger charge is 2.29. The average molecular weight is 524 g/mol. The van der Waals surface area contributed by atoms with Crippen LogP contribution < -0.4 is 15.0 Å². The molecule has 1 atom stereocenters. The SMILES string of the molecule is C[C@@H](Nc1ncnc2nc(OC3COC3)c(N3CCS(=O)(=O)CC3)cc12)c1cccc(C(F)F)c1F. The average Bonchev–Trinajstić information content (AvgIpc) is 2.81. The summed E-state index contributed by atoms with van der Waals surface area (Å²) >= 11 is 0. The first kappa shape index (κ1) is 24.5. The Balaban J connectivity index is 1.51. The van der Waals surface area contributed by atoms with E-state index in [1.165, 1.54) is 18.5 Å². The van der Waals surface area contributed by atoms with Crippen molar-refractivity contribution < 1.29 is 31.1 Å². The van der Waals surface area contributed by atoms with Crippen molar-refractivity contribution in [2.24, 2.45) is 0 Å². The second-order valence-corrected chi connectivity index (χ2v) is 11.0. The molecular weight excluding hydrogens is 499 g/mol. The van der Waals surface area contributed by atoms with Gasteiger partial charge in [-0.1, -0.05) is 18.2 Å². The van der Waals surface area contributed by atoms with Crippen LogP contribution in [0.15, 0.2) is 30.6 Å². The number of pyridine rings is 1. The minimum atomic E-state index is -3.11. The molecule has 9 nitrogen and oxygen atoms in total. The molecule has 1 N–H and O–H groups in total. The molecule has 36 heavy (non-hydrogen) atoms. The van der Waals surface area contributed by atoms with Crippen molar-refractivity contribution in [1.82, 2.24) is 15.0 Å². The highest BCUT2D eigenvalue weighted by atomic mass is 32.2. The lowest BCUT2D eigenvalue weighted by Crippen LogP contribution is -2.42. The number of halogens is 3. The van der Waals surface area contributed by atoms with Gasteiger partial charge in [0, 0.05) is 18.7 Å². The first-order valence-corrected chi connectivity index (χ1v) is 13.2. The van der Waals surface area contributed by atoms with Crippen LogP contribution in [0.2, 0.25) is 0 Å². The molecule has 2 aliphatic heterocycles. The summed E-state index contributed by atoms with van der Waals surface area (Å²) in [7, 11) is -3.11. The predicted octanol–water partition coefficient (Wildman–Crippen LogP) is 3.29. The lowest BCUT2D eigenvalue weighted by atomic mass is 10.0. The molecule has 2 saturated heterocycles. The molecule has 4 heterocycles. The zero-order valence-corrected chi connectivity index (χ0v) is 20.1. The van der Waals surface area contributed by atoms with Gasteiger partial charge in [-0.25, -0.2) is 31.6 Å². The van der Waals surface area contributed by atoms with E-state index in [1.807, 2.05) is 4.90 Å². The van der Waals surface area contributed by atoms with Crippen molar-refractivity contribution in [1.29, 1.82) is 0 Å². The van der Waals surface area contributed by atoms with E-state index in [1.54, 1.807) is 13.0 Å². The van der Waals surface area contributed by atoms with E-state index >= 15 is 0 Å². The highest BCUT2D eigenvalue weighted by molar-refractivity contribution is 7.91. The Kier molecular flexibility index (Phi) is 6.60. The van der Waals surface area contributed by atoms with Crippen LogP contribution in [0.3, 0.4) is 0 Å². The van der Waals surface area contributed by atoms with Crippen LogP contribution in [0.5, 0.6) is 5.88 Å². The van der Waals surface area contributed by atoms with Gasteiger partial charge in [0.1, 0.15) is 29.8 Å². The topological polar surface area (TPSA) is 107 Å². The Hall–Kier alpha value is -3.19. The summed E-state index contributed by atoms with van der Waals surface area (Å²) < 4.78 is 76.2. The van der Waals surface area contributed by atoms with Gasteiger partial charge in [-0.3, -0.25) is 0 Å². The van der Waals surface area contributed by atoms with Crippen LogP contribution in [-0.4, -0.2) is 67.3 Å². The lowest BCUT2D eigenvalue weighted by Gasteiger charge is -2.32. The number of rotatable bonds is 7. The number of fused-ring (bicyclic) bond motifs is 1. The van der Waals surface area contributed by atoms with Crippen molar-refractivity contribution in [2.75, 3.05) is 48.0 Å². The second kappa shape index (κ2) is 9.69. The number of nitrogens with one attached hydrogen (secondary N) is 1. The summed E-state index contributed by atoms with van der Waals surface area (Å²) in [5.74, 6) is -0.332. The number of sulfone groups is 1. The number of ether oxygens (including phenoxy) is 2. The lowest BCUT2D eigenvalue weighted by molar-refractivity contribution is -0.0810. The Labute approximate surface area is 205 Å². The first-order valence-electron chi connectivity index (χ1n) is 11.4. The van der Waals surface area contributed by atoms with Crippen LogP contribution in [0.4, 0.5) is 24.7 Å². The predicted molar refractivity (Wildman–Crippen MR) is 127 cm³/mol. The molecule has 0 spiro atoms. The van der Waals surface area contributed by atoms with Gasteiger partial charge in [0.05, 0.1) is 41.7 Å². The summed E-state index contributed by atoms with van der Waals surface area (Å²) in [5, 5.41) is 3.58. The fourth-order valence-corrected chi connectivity index (χ4v) is 5.34. The minimum Gasteiger partial charge on any atom is -0.468 e. The van der Waals surface area contributed by atoms with E-state index in [9.17, 15) is 21.6 Å². The number of hydrogen-bond acceptors (Lipinski definition) is 9. The zero-order valence-electron chi connectivity index (χ0n) is 19.3. The molecule has 5 rings (SSSR count). The van der Waals surface area contributed by atoms with E-state index in [0.29, 0.717) is 41.6 Å². The fraction of sp³-hybridized carbons (Fsp3) is 0.435. The Bertz CT molecular complexity index is 1370. The maximum atomic E-state index is 14.7. The number of anilines is 2. The van der Waals surface area contributed by atoms with Gasteiger partial charge in [-0.2, -0.15) is 4.98 Å². The third kappa shape index (κ3) is 4.89. The van der Waals surface area contributed by atoms with Crippen LogP contribution >= 0.6 is 0 Å². The first-order chi connectivity index (χ1) is 17.2. The van der Waals surface area contributed by atoms with Crippen molar-refractivity contribution >= 4 is 32.4 Å². The van der Waals surface area contributed by atoms with E-state index < -0.39 is 33.7 Å². The van der Waals surface area contributed by atoms with Crippen molar-refractivity contribution in [3.05, 3.63) is 47.5 Å². The number of hydrogen-bond donors (Lipinski definition) is 1. The number of nitrogens with zero attached hydrogens (tertiary/aromatic N) is 4. The van der Waals surface area contributed by atoms with Gasteiger partial charge in [-0.05, 0) is 13.0 Å². The van der Waals surface area contributed by atoms with E-state index in [0.717, 1.165) is 6.07 Å². The molecular formula is C23H24F3N5O4S. The molecule has 0 amide bonds. The quantitative estimate of drug-likeness (QED) is 0.499. The monoisotopic (exact) mass is 523 g/mol. The van der Waals surface area contributed by atoms with Crippen LogP contribution in [-0.2, 0) is 14.6 Å². The van der Waals surface area contributed by atoms with Crippen molar-refractivity contribution in [3.63, 3.8) is 0 Å². The van der Waals surface area contributed by atoms with E-state index in [-0.39, 0.29) is 36.3 Å². The third-order valence-electron chi connectivity index (χ3n) is 6.25. The van der Waals surface area contributed by atoms with Gasteiger partial charge in [0.15, 0.2) is 15.5 Å². The van der Waals surface area contributed by atoms with Gasteiger partial charge in [-0.15, -0.1) is 0 Å². The van der Waals surface area contributed by atoms with Gasteiger partial charge >= 0.3 is 0 Å². The molecule has 2 fully saturated rings. The molecule has 0 radical (unpaired) electrons. The molecule has 0 unspecified atom stereocenters. The molecule has 1 aromatic carbocycles. The van der Waals surface area contributed by atoms with E-state index in [2.05, 4.69) is 20.3 Å². The smallest absolute Gasteiger partial charge is 0.266 e. The van der Waals surface area contributed by atoms with Gasteiger partial charge in [0.25, 0.3) is 6.43 Å². The third-order valence-corrected chi connectivity index (χ3v) is 7.86. The van der Waals surface area contributed by atoms with Gasteiger partial charge in [0.2, 0.25) is 5.88 Å². The number of alkyl halides is 2. The molecule has 0 bridgehead atoms. The Morgan fingerprint density at radius 1 is 1.17 bits per heavy atom. The Morgan fingerprint density at radius 3 is 2.56 bits per heavy atom. The summed E-state index contributed by atoms with van der Waals surface area (Å²) in [6.45, 7) is 3.02. The summed E-state index contributed by atoms with van der Waals surface area (Å²) in [4.78, 5) is 15.0. The summed E-state index contributed by atoms with van der Waals surface area (Å²) in [6.07, 6.45) is -1.82. The highest BCUT2D eigenvalue weighted by Crippen LogP contribution is 2.35. The van der Waals surface area contributed by atoms with Crippen LogP contribution in [0, 0.1) is 5.82 Å². The molecule has 3 aromatic rings. The maximum Gasteiger partial charge on any atom is 0.266 e. The summed E-state index contributed by atoms with van der Waals surface area (Å²) in [6, 6.07) is 4.94. The van der Waals surface area contributed by atoms with Crippen LogP contribution in [0.25, 0.3) is 11.0 Å². The van der Waals surface area contributed by atoms with Gasteiger partial charge < -0.3 is 19.7 Å². The molecule has 0 aliphatic carbocycles. The zero-order chi connectivity index (χ0) is 25.4. The molecule has 2 aliphatic rings. The molecule has 13 heteroatoms. The largest absolute Gasteiger partial charge is 0.468 e. The molecule has 0 saturated carbocycles. The van der Waals surface area contributed by atoms with Crippen molar-refractivity contribution in [2.45, 2.75) is 25.5 Å². The second-order valence-electron chi connectivity index (χ2n) is 8.74. The van der Waals surface area contributed by atoms with Crippen molar-refractivity contribution in [3.8, 4) is 5.88 Å². The molecule has 2 aromatic heterocycles.